The zero-order valence-electron chi connectivity index (χ0n) is 21.0. The molecule has 2 saturated heterocycles. The Kier molecular flexibility index (Phi) is 13.4. The van der Waals surface area contributed by atoms with Crippen molar-refractivity contribution >= 4 is 5.97 Å². The van der Waals surface area contributed by atoms with Crippen molar-refractivity contribution in [1.82, 2.24) is 0 Å². The summed E-state index contributed by atoms with van der Waals surface area (Å²) in [6.45, 7) is -0.195. The molecule has 2 heterocycles. The third-order valence-electron chi connectivity index (χ3n) is 6.91. The number of rotatable bonds is 16. The predicted molar refractivity (Wildman–Crippen MR) is 125 cm³/mol. The summed E-state index contributed by atoms with van der Waals surface area (Å²) in [6.07, 6.45) is -3.25. The third-order valence-corrected chi connectivity index (χ3v) is 6.91. The van der Waals surface area contributed by atoms with Gasteiger partial charge in [-0.1, -0.05) is 45.4 Å². The smallest absolute Gasteiger partial charge is 0.305 e. The lowest BCUT2D eigenvalue weighted by Crippen LogP contribution is -2.60. The van der Waals surface area contributed by atoms with E-state index in [1.807, 2.05) is 0 Å². The van der Waals surface area contributed by atoms with Crippen LogP contribution in [0.4, 0.5) is 0 Å². The zero-order valence-corrected chi connectivity index (χ0v) is 21.0. The van der Waals surface area contributed by atoms with Crippen molar-refractivity contribution in [3.05, 3.63) is 0 Å². The quantitative estimate of drug-likeness (QED) is 0.0902. The van der Waals surface area contributed by atoms with Crippen molar-refractivity contribution in [3.63, 3.8) is 0 Å². The lowest BCUT2D eigenvalue weighted by Gasteiger charge is -2.40. The molecule has 36 heavy (non-hydrogen) atoms. The first kappa shape index (κ1) is 31.3. The molecule has 2 rings (SSSR count). The molecule has 0 aliphatic carbocycles. The highest BCUT2D eigenvalue weighted by molar-refractivity contribution is 5.69. The monoisotopic (exact) mass is 524 g/mol. The van der Waals surface area contributed by atoms with Gasteiger partial charge in [-0.3, -0.25) is 4.79 Å². The van der Waals surface area contributed by atoms with E-state index in [2.05, 4.69) is 6.92 Å². The second kappa shape index (κ2) is 15.5. The molecule has 0 radical (unpaired) electrons. The largest absolute Gasteiger partial charge is 0.463 e. The van der Waals surface area contributed by atoms with Crippen LogP contribution in [0.15, 0.2) is 0 Å². The second-order valence-corrected chi connectivity index (χ2v) is 9.75. The summed E-state index contributed by atoms with van der Waals surface area (Å²) in [4.78, 5) is 12.1. The van der Waals surface area contributed by atoms with Crippen LogP contribution in [0.3, 0.4) is 0 Å². The van der Waals surface area contributed by atoms with Crippen molar-refractivity contribution in [2.75, 3.05) is 33.0 Å². The first-order valence-electron chi connectivity index (χ1n) is 12.9. The molecule has 12 heteroatoms. The van der Waals surface area contributed by atoms with Gasteiger partial charge in [0.2, 0.25) is 0 Å². The Labute approximate surface area is 211 Å². The van der Waals surface area contributed by atoms with Gasteiger partial charge in [0, 0.05) is 6.42 Å². The van der Waals surface area contributed by atoms with E-state index in [1.54, 1.807) is 0 Å². The Hall–Kier alpha value is -0.930. The molecule has 0 amide bonds. The van der Waals surface area contributed by atoms with Gasteiger partial charge in [-0.15, -0.1) is 0 Å². The number of carbonyl (C=O) groups is 1. The fourth-order valence-corrected chi connectivity index (χ4v) is 4.52. The molecule has 2 aliphatic rings. The van der Waals surface area contributed by atoms with E-state index >= 15 is 0 Å². The third kappa shape index (κ3) is 8.29. The molecule has 0 spiro atoms. The van der Waals surface area contributed by atoms with Crippen LogP contribution in [0.1, 0.15) is 58.3 Å². The number of unbranched alkanes of at least 4 members (excludes halogenated alkanes) is 6. The van der Waals surface area contributed by atoms with Crippen molar-refractivity contribution in [3.8, 4) is 0 Å². The number of aliphatic hydroxyl groups excluding tert-OH is 7. The summed E-state index contributed by atoms with van der Waals surface area (Å²) in [5.74, 6) is -0.443. The van der Waals surface area contributed by atoms with E-state index in [0.29, 0.717) is 6.42 Å². The minimum atomic E-state index is -1.70. The molecule has 0 aromatic carbocycles. The van der Waals surface area contributed by atoms with E-state index in [4.69, 9.17) is 18.9 Å². The van der Waals surface area contributed by atoms with Crippen LogP contribution in [0.5, 0.6) is 0 Å². The number of esters is 1. The number of hydrogen-bond donors (Lipinski definition) is 7. The number of ether oxygens (including phenoxy) is 4. The number of hydrogen-bond acceptors (Lipinski definition) is 12. The normalized spacial score (nSPS) is 36.8. The van der Waals surface area contributed by atoms with Gasteiger partial charge in [0.15, 0.2) is 0 Å². The zero-order chi connectivity index (χ0) is 26.7. The minimum absolute atomic E-state index is 0.237. The maximum atomic E-state index is 12.1. The maximum Gasteiger partial charge on any atom is 0.305 e. The summed E-state index contributed by atoms with van der Waals surface area (Å²) >= 11 is 0. The van der Waals surface area contributed by atoms with E-state index < -0.39 is 80.2 Å². The summed E-state index contributed by atoms with van der Waals surface area (Å²) in [7, 11) is 0. The average molecular weight is 525 g/mol. The molecule has 0 bridgehead atoms. The predicted octanol–water partition coefficient (Wildman–Crippen LogP) is -1.62. The molecular formula is C24H44O12. The highest BCUT2D eigenvalue weighted by Gasteiger charge is 2.54. The molecule has 0 aromatic rings. The van der Waals surface area contributed by atoms with Crippen molar-refractivity contribution in [2.24, 2.45) is 0 Å². The Morgan fingerprint density at radius 2 is 1.42 bits per heavy atom. The number of aliphatic hydroxyl groups is 7. The van der Waals surface area contributed by atoms with Gasteiger partial charge in [-0.25, -0.2) is 0 Å². The van der Waals surface area contributed by atoms with Crippen LogP contribution in [0.2, 0.25) is 0 Å². The van der Waals surface area contributed by atoms with E-state index in [-0.39, 0.29) is 19.6 Å². The van der Waals surface area contributed by atoms with Gasteiger partial charge < -0.3 is 54.7 Å². The summed E-state index contributed by atoms with van der Waals surface area (Å²) in [6, 6.07) is 0. The molecule has 2 aliphatic heterocycles. The topological polar surface area (TPSA) is 196 Å². The summed E-state index contributed by atoms with van der Waals surface area (Å²) < 4.78 is 21.7. The lowest BCUT2D eigenvalue weighted by molar-refractivity contribution is -0.246. The van der Waals surface area contributed by atoms with E-state index in [9.17, 15) is 40.5 Å². The van der Waals surface area contributed by atoms with Gasteiger partial charge in [-0.05, 0) is 6.42 Å². The van der Waals surface area contributed by atoms with Gasteiger partial charge in [0.1, 0.15) is 61.0 Å². The van der Waals surface area contributed by atoms with Gasteiger partial charge in [0.25, 0.3) is 0 Å². The highest BCUT2D eigenvalue weighted by atomic mass is 16.6. The standard InChI is InChI=1S/C24H44O12/c1-2-3-4-5-6-7-8-9-18(27)34-12-17-20(29)22(31)19(28)16(35-17)11-33-14-24(13-26)23(32)21(30)15(10-25)36-24/h15-17,19-23,25-26,28-32H,2-14H2,1H3/t15-,16-,17?,19?,20-,21-,22-,23?,24+/m1/s1. The van der Waals surface area contributed by atoms with Crippen LogP contribution in [0.25, 0.3) is 0 Å². The molecule has 3 unspecified atom stereocenters. The first-order chi connectivity index (χ1) is 17.2. The molecule has 0 saturated carbocycles. The highest BCUT2D eigenvalue weighted by Crippen LogP contribution is 2.32. The first-order valence-corrected chi connectivity index (χ1v) is 12.9. The maximum absolute atomic E-state index is 12.1. The van der Waals surface area contributed by atoms with Crippen LogP contribution in [-0.2, 0) is 23.7 Å². The Bertz CT molecular complexity index is 636. The molecule has 212 valence electrons. The fraction of sp³-hybridized carbons (Fsp3) is 0.958. The molecule has 12 nitrogen and oxygen atoms in total. The second-order valence-electron chi connectivity index (χ2n) is 9.75. The molecule has 9 atom stereocenters. The van der Waals surface area contributed by atoms with Crippen molar-refractivity contribution in [1.29, 1.82) is 0 Å². The number of carbonyl (C=O) groups excluding carboxylic acids is 1. The van der Waals surface area contributed by atoms with Crippen LogP contribution < -0.4 is 0 Å². The van der Waals surface area contributed by atoms with E-state index in [0.717, 1.165) is 19.3 Å². The molecule has 7 N–H and O–H groups in total. The minimum Gasteiger partial charge on any atom is -0.463 e. The van der Waals surface area contributed by atoms with E-state index in [1.165, 1.54) is 19.3 Å². The Morgan fingerprint density at radius 3 is 2.00 bits per heavy atom. The van der Waals surface area contributed by atoms with Crippen LogP contribution in [-0.4, -0.2) is 129 Å². The summed E-state index contributed by atoms with van der Waals surface area (Å²) in [5.41, 5.74) is -1.70. The summed E-state index contributed by atoms with van der Waals surface area (Å²) in [5, 5.41) is 69.9. The van der Waals surface area contributed by atoms with Crippen molar-refractivity contribution < 1.29 is 59.5 Å². The lowest BCUT2D eigenvalue weighted by atomic mass is 9.95. The Balaban J connectivity index is 1.78. The molecule has 2 fully saturated rings. The van der Waals surface area contributed by atoms with Crippen LogP contribution >= 0.6 is 0 Å². The van der Waals surface area contributed by atoms with Crippen LogP contribution in [0, 0.1) is 0 Å². The molecule has 0 aromatic heterocycles. The average Bonchev–Trinajstić information content (AvgIpc) is 3.12. The molecular weight excluding hydrogens is 480 g/mol. The van der Waals surface area contributed by atoms with Gasteiger partial charge >= 0.3 is 5.97 Å². The Morgan fingerprint density at radius 1 is 0.806 bits per heavy atom. The van der Waals surface area contributed by atoms with Gasteiger partial charge in [0.05, 0.1) is 26.4 Å². The van der Waals surface area contributed by atoms with Crippen molar-refractivity contribution in [2.45, 2.75) is 113 Å². The fourth-order valence-electron chi connectivity index (χ4n) is 4.52. The SMILES string of the molecule is CCCCCCCCCC(=O)OCC1O[C@H](COC[C@]2(CO)O[C@H](CO)[C@@H](O)C2O)C(O)[C@@H](O)[C@@H]1O. The van der Waals surface area contributed by atoms with Gasteiger partial charge in [-0.2, -0.15) is 0 Å².